The summed E-state index contributed by atoms with van der Waals surface area (Å²) in [7, 11) is 0. The van der Waals surface area contributed by atoms with Crippen LogP contribution in [0.15, 0.2) is 60.8 Å². The van der Waals surface area contributed by atoms with Crippen molar-refractivity contribution in [3.8, 4) is 17.6 Å². The molecule has 3 rings (SSSR count). The summed E-state index contributed by atoms with van der Waals surface area (Å²) in [6, 6.07) is 19.4. The van der Waals surface area contributed by atoms with Gasteiger partial charge in [-0.05, 0) is 35.0 Å². The standard InChI is InChI=1S/C16H10N2O/c17-10-14-6-8-16(11-18-14)19-15-7-5-12-3-1-2-4-13(12)9-15/h1-9,11H. The third-order valence-electron chi connectivity index (χ3n) is 2.81. The summed E-state index contributed by atoms with van der Waals surface area (Å²) in [6.07, 6.45) is 1.55. The van der Waals surface area contributed by atoms with Crippen LogP contribution in [-0.2, 0) is 0 Å². The molecule has 1 heterocycles. The van der Waals surface area contributed by atoms with Crippen LogP contribution < -0.4 is 4.74 Å². The van der Waals surface area contributed by atoms with Crippen LogP contribution in [0, 0.1) is 11.3 Å². The predicted octanol–water partition coefficient (Wildman–Crippen LogP) is 3.90. The number of aromatic nitrogens is 1. The van der Waals surface area contributed by atoms with E-state index in [1.165, 1.54) is 5.39 Å². The molecule has 0 N–H and O–H groups in total. The molecule has 0 aliphatic carbocycles. The third kappa shape index (κ3) is 2.38. The number of nitriles is 1. The fourth-order valence-corrected chi connectivity index (χ4v) is 1.87. The maximum atomic E-state index is 8.68. The van der Waals surface area contributed by atoms with Gasteiger partial charge in [0.2, 0.25) is 0 Å². The average Bonchev–Trinajstić information content (AvgIpc) is 2.48. The Morgan fingerprint density at radius 2 is 1.68 bits per heavy atom. The second-order valence-corrected chi connectivity index (χ2v) is 4.10. The van der Waals surface area contributed by atoms with Crippen LogP contribution in [0.2, 0.25) is 0 Å². The van der Waals surface area contributed by atoms with Gasteiger partial charge in [0, 0.05) is 0 Å². The molecule has 0 fully saturated rings. The molecule has 0 aliphatic rings. The first kappa shape index (κ1) is 11.2. The highest BCUT2D eigenvalue weighted by Crippen LogP contribution is 2.25. The molecule has 3 heteroatoms. The number of pyridine rings is 1. The van der Waals surface area contributed by atoms with Crippen LogP contribution in [0.1, 0.15) is 5.69 Å². The highest BCUT2D eigenvalue weighted by Gasteiger charge is 2.00. The van der Waals surface area contributed by atoms with E-state index < -0.39 is 0 Å². The molecule has 90 valence electrons. The summed E-state index contributed by atoms with van der Waals surface area (Å²) >= 11 is 0. The van der Waals surface area contributed by atoms with Gasteiger partial charge in [0.1, 0.15) is 23.3 Å². The van der Waals surface area contributed by atoms with Gasteiger partial charge in [0.25, 0.3) is 0 Å². The molecule has 0 saturated heterocycles. The van der Waals surface area contributed by atoms with Gasteiger partial charge in [-0.1, -0.05) is 30.3 Å². The molecule has 0 aliphatic heterocycles. The number of hydrogen-bond acceptors (Lipinski definition) is 3. The number of benzene rings is 2. The molecular formula is C16H10N2O. The highest BCUT2D eigenvalue weighted by atomic mass is 16.5. The molecule has 1 aromatic heterocycles. The summed E-state index contributed by atoms with van der Waals surface area (Å²) in [5.74, 6) is 1.37. The van der Waals surface area contributed by atoms with Crippen molar-refractivity contribution in [2.45, 2.75) is 0 Å². The Balaban J connectivity index is 1.90. The normalized spacial score (nSPS) is 10.1. The zero-order valence-corrected chi connectivity index (χ0v) is 10.1. The number of fused-ring (bicyclic) bond motifs is 1. The third-order valence-corrected chi connectivity index (χ3v) is 2.81. The molecule has 0 bridgehead atoms. The van der Waals surface area contributed by atoms with Gasteiger partial charge in [0.05, 0.1) is 6.20 Å². The monoisotopic (exact) mass is 246 g/mol. The maximum Gasteiger partial charge on any atom is 0.145 e. The largest absolute Gasteiger partial charge is 0.456 e. The first-order valence-electron chi connectivity index (χ1n) is 5.88. The Morgan fingerprint density at radius 3 is 2.42 bits per heavy atom. The van der Waals surface area contributed by atoms with Crippen LogP contribution in [0.5, 0.6) is 11.5 Å². The van der Waals surface area contributed by atoms with Gasteiger partial charge >= 0.3 is 0 Å². The van der Waals surface area contributed by atoms with E-state index in [1.54, 1.807) is 18.3 Å². The summed E-state index contributed by atoms with van der Waals surface area (Å²) in [4.78, 5) is 3.97. The van der Waals surface area contributed by atoms with Crippen molar-refractivity contribution in [2.75, 3.05) is 0 Å². The Bertz CT molecular complexity index is 758. The first-order valence-corrected chi connectivity index (χ1v) is 5.88. The topological polar surface area (TPSA) is 45.9 Å². The number of rotatable bonds is 2. The molecule has 0 radical (unpaired) electrons. The lowest BCUT2D eigenvalue weighted by molar-refractivity contribution is 0.481. The minimum Gasteiger partial charge on any atom is -0.456 e. The van der Waals surface area contributed by atoms with Crippen molar-refractivity contribution >= 4 is 10.8 Å². The minimum absolute atomic E-state index is 0.380. The second-order valence-electron chi connectivity index (χ2n) is 4.10. The first-order chi connectivity index (χ1) is 9.35. The van der Waals surface area contributed by atoms with E-state index in [9.17, 15) is 0 Å². The molecule has 2 aromatic carbocycles. The van der Waals surface area contributed by atoms with E-state index in [1.807, 2.05) is 42.5 Å². The summed E-state index contributed by atoms with van der Waals surface area (Å²) in [5, 5.41) is 11.0. The Kier molecular flexibility index (Phi) is 2.83. The van der Waals surface area contributed by atoms with Crippen molar-refractivity contribution in [2.24, 2.45) is 0 Å². The van der Waals surface area contributed by atoms with E-state index >= 15 is 0 Å². The van der Waals surface area contributed by atoms with E-state index in [0.717, 1.165) is 11.1 Å². The van der Waals surface area contributed by atoms with Crippen molar-refractivity contribution in [1.82, 2.24) is 4.98 Å². The van der Waals surface area contributed by atoms with Crippen molar-refractivity contribution < 1.29 is 4.74 Å². The number of ether oxygens (including phenoxy) is 1. The smallest absolute Gasteiger partial charge is 0.145 e. The molecule has 3 nitrogen and oxygen atoms in total. The van der Waals surface area contributed by atoms with Crippen LogP contribution in [0.25, 0.3) is 10.8 Å². The molecule has 0 saturated carbocycles. The quantitative estimate of drug-likeness (QED) is 0.688. The van der Waals surface area contributed by atoms with Crippen molar-refractivity contribution in [3.05, 3.63) is 66.5 Å². The average molecular weight is 246 g/mol. The van der Waals surface area contributed by atoms with Gasteiger partial charge in [-0.15, -0.1) is 0 Å². The predicted molar refractivity (Wildman–Crippen MR) is 73.0 cm³/mol. The lowest BCUT2D eigenvalue weighted by Gasteiger charge is -2.06. The number of hydrogen-bond donors (Lipinski definition) is 0. The fraction of sp³-hybridized carbons (Fsp3) is 0. The molecule has 0 atom stereocenters. The Hall–Kier alpha value is -2.86. The van der Waals surface area contributed by atoms with E-state index in [0.29, 0.717) is 11.4 Å². The van der Waals surface area contributed by atoms with Gasteiger partial charge < -0.3 is 4.74 Å². The number of nitrogens with zero attached hydrogens (tertiary/aromatic N) is 2. The van der Waals surface area contributed by atoms with Crippen LogP contribution in [0.4, 0.5) is 0 Å². The zero-order valence-electron chi connectivity index (χ0n) is 10.1. The van der Waals surface area contributed by atoms with Crippen LogP contribution in [0.3, 0.4) is 0 Å². The summed E-state index contributed by atoms with van der Waals surface area (Å²) in [5.41, 5.74) is 0.380. The minimum atomic E-state index is 0.380. The lowest BCUT2D eigenvalue weighted by atomic mass is 10.1. The van der Waals surface area contributed by atoms with E-state index in [-0.39, 0.29) is 0 Å². The molecule has 0 unspecified atom stereocenters. The van der Waals surface area contributed by atoms with Gasteiger partial charge in [-0.2, -0.15) is 5.26 Å². The molecular weight excluding hydrogens is 236 g/mol. The molecule has 0 amide bonds. The van der Waals surface area contributed by atoms with Crippen LogP contribution in [-0.4, -0.2) is 4.98 Å². The molecule has 19 heavy (non-hydrogen) atoms. The van der Waals surface area contributed by atoms with Gasteiger partial charge in [-0.3, -0.25) is 0 Å². The van der Waals surface area contributed by atoms with Gasteiger partial charge in [-0.25, -0.2) is 4.98 Å². The van der Waals surface area contributed by atoms with Crippen LogP contribution >= 0.6 is 0 Å². The van der Waals surface area contributed by atoms with Gasteiger partial charge in [0.15, 0.2) is 0 Å². The summed E-state index contributed by atoms with van der Waals surface area (Å²) < 4.78 is 5.71. The maximum absolute atomic E-state index is 8.68. The highest BCUT2D eigenvalue weighted by molar-refractivity contribution is 5.83. The van der Waals surface area contributed by atoms with E-state index in [2.05, 4.69) is 11.1 Å². The van der Waals surface area contributed by atoms with Crippen molar-refractivity contribution in [3.63, 3.8) is 0 Å². The fourth-order valence-electron chi connectivity index (χ4n) is 1.87. The molecule has 3 aromatic rings. The zero-order chi connectivity index (χ0) is 13.1. The van der Waals surface area contributed by atoms with Crippen molar-refractivity contribution in [1.29, 1.82) is 5.26 Å². The lowest BCUT2D eigenvalue weighted by Crippen LogP contribution is -1.87. The molecule has 0 spiro atoms. The second kappa shape index (κ2) is 4.79. The SMILES string of the molecule is N#Cc1ccc(Oc2ccc3ccccc3c2)cn1. The Morgan fingerprint density at radius 1 is 0.895 bits per heavy atom. The Labute approximate surface area is 110 Å². The van der Waals surface area contributed by atoms with E-state index in [4.69, 9.17) is 10.00 Å². The summed E-state index contributed by atoms with van der Waals surface area (Å²) in [6.45, 7) is 0.